The number of rotatable bonds is 7. The second kappa shape index (κ2) is 10.8. The normalized spacial score (nSPS) is 12.4. The average molecular weight is 480 g/mol. The summed E-state index contributed by atoms with van der Waals surface area (Å²) in [5, 5.41) is 24.9. The first kappa shape index (κ1) is 21.1. The lowest BCUT2D eigenvalue weighted by atomic mass is 10.1. The maximum atomic E-state index is 10.2. The SMILES string of the molecule is CCNC(=NCc1nnc2ccccn12)NCC(O)Cc1ccccc1.I. The second-order valence-electron chi connectivity index (χ2n) is 5.96. The molecule has 0 fully saturated rings. The molecule has 0 bridgehead atoms. The highest BCUT2D eigenvalue weighted by atomic mass is 127. The Labute approximate surface area is 176 Å². The van der Waals surface area contributed by atoms with Crippen LogP contribution in [0.1, 0.15) is 18.3 Å². The zero-order valence-corrected chi connectivity index (χ0v) is 17.6. The van der Waals surface area contributed by atoms with E-state index in [9.17, 15) is 5.11 Å². The van der Waals surface area contributed by atoms with E-state index in [-0.39, 0.29) is 24.0 Å². The first-order valence-corrected chi connectivity index (χ1v) is 8.79. The summed E-state index contributed by atoms with van der Waals surface area (Å²) in [6, 6.07) is 15.7. The van der Waals surface area contributed by atoms with Crippen LogP contribution in [0.4, 0.5) is 0 Å². The van der Waals surface area contributed by atoms with Gasteiger partial charge in [-0.25, -0.2) is 4.99 Å². The van der Waals surface area contributed by atoms with Crippen LogP contribution in [-0.2, 0) is 13.0 Å². The lowest BCUT2D eigenvalue weighted by Gasteiger charge is -2.15. The highest BCUT2D eigenvalue weighted by molar-refractivity contribution is 14.0. The number of hydrogen-bond acceptors (Lipinski definition) is 4. The third-order valence-corrected chi connectivity index (χ3v) is 3.93. The monoisotopic (exact) mass is 480 g/mol. The number of guanidine groups is 1. The molecule has 144 valence electrons. The van der Waals surface area contributed by atoms with Gasteiger partial charge in [-0.3, -0.25) is 4.40 Å². The number of nitrogens with zero attached hydrogens (tertiary/aromatic N) is 4. The van der Waals surface area contributed by atoms with Gasteiger partial charge in [0.15, 0.2) is 17.4 Å². The molecule has 3 aromatic rings. The van der Waals surface area contributed by atoms with Crippen LogP contribution in [0, 0.1) is 0 Å². The number of halogens is 1. The number of benzene rings is 1. The molecular weight excluding hydrogens is 455 g/mol. The Bertz CT molecular complexity index is 852. The summed E-state index contributed by atoms with van der Waals surface area (Å²) in [6.07, 6.45) is 2.03. The molecule has 0 aliphatic heterocycles. The molecule has 1 atom stereocenters. The van der Waals surface area contributed by atoms with Crippen LogP contribution in [0.15, 0.2) is 59.7 Å². The number of aliphatic imine (C=N–C) groups is 1. The van der Waals surface area contributed by atoms with Crippen molar-refractivity contribution < 1.29 is 5.11 Å². The molecule has 2 aromatic heterocycles. The average Bonchev–Trinajstić information content (AvgIpc) is 3.08. The quantitative estimate of drug-likeness (QED) is 0.274. The number of aromatic nitrogens is 3. The van der Waals surface area contributed by atoms with Crippen LogP contribution in [-0.4, -0.2) is 44.9 Å². The smallest absolute Gasteiger partial charge is 0.191 e. The summed E-state index contributed by atoms with van der Waals surface area (Å²) in [4.78, 5) is 4.55. The molecular formula is C19H25IN6O. The van der Waals surface area contributed by atoms with E-state index in [1.165, 1.54) is 0 Å². The molecule has 0 amide bonds. The van der Waals surface area contributed by atoms with Crippen LogP contribution in [0.3, 0.4) is 0 Å². The van der Waals surface area contributed by atoms with Gasteiger partial charge in [0, 0.05) is 25.7 Å². The highest BCUT2D eigenvalue weighted by Crippen LogP contribution is 2.04. The van der Waals surface area contributed by atoms with E-state index < -0.39 is 6.10 Å². The molecule has 0 saturated carbocycles. The molecule has 8 heteroatoms. The maximum Gasteiger partial charge on any atom is 0.191 e. The minimum atomic E-state index is -0.491. The minimum Gasteiger partial charge on any atom is -0.391 e. The first-order valence-electron chi connectivity index (χ1n) is 8.79. The van der Waals surface area contributed by atoms with Crippen LogP contribution in [0.5, 0.6) is 0 Å². The lowest BCUT2D eigenvalue weighted by Crippen LogP contribution is -2.41. The summed E-state index contributed by atoms with van der Waals surface area (Å²) < 4.78 is 1.91. The Hall–Kier alpha value is -2.20. The molecule has 2 heterocycles. The van der Waals surface area contributed by atoms with E-state index in [1.54, 1.807) is 0 Å². The van der Waals surface area contributed by atoms with Crippen molar-refractivity contribution in [3.63, 3.8) is 0 Å². The molecule has 3 N–H and O–H groups in total. The first-order chi connectivity index (χ1) is 12.8. The number of aliphatic hydroxyl groups excluding tert-OH is 1. The minimum absolute atomic E-state index is 0. The Kier molecular flexibility index (Phi) is 8.46. The number of aliphatic hydroxyl groups is 1. The standard InChI is InChI=1S/C19H24N6O.HI/c1-2-20-19(21-13-16(26)12-15-8-4-3-5-9-15)22-14-18-24-23-17-10-6-7-11-25(17)18;/h3-11,16,26H,2,12-14H2,1H3,(H2,20,21,22);1H. The maximum absolute atomic E-state index is 10.2. The Balaban J connectivity index is 0.00000261. The van der Waals surface area contributed by atoms with Crippen molar-refractivity contribution in [2.75, 3.05) is 13.1 Å². The van der Waals surface area contributed by atoms with Gasteiger partial charge in [0.2, 0.25) is 0 Å². The van der Waals surface area contributed by atoms with Gasteiger partial charge in [0.25, 0.3) is 0 Å². The third-order valence-electron chi connectivity index (χ3n) is 3.93. The van der Waals surface area contributed by atoms with Crippen LogP contribution >= 0.6 is 24.0 Å². The molecule has 27 heavy (non-hydrogen) atoms. The fourth-order valence-corrected chi connectivity index (χ4v) is 2.66. The highest BCUT2D eigenvalue weighted by Gasteiger charge is 2.08. The molecule has 0 aliphatic rings. The van der Waals surface area contributed by atoms with Gasteiger partial charge in [-0.2, -0.15) is 0 Å². The fraction of sp³-hybridized carbons (Fsp3) is 0.316. The molecule has 3 rings (SSSR count). The largest absolute Gasteiger partial charge is 0.391 e. The molecule has 0 aliphatic carbocycles. The summed E-state index contributed by atoms with van der Waals surface area (Å²) in [6.45, 7) is 3.56. The number of pyridine rings is 1. The Morgan fingerprint density at radius 3 is 2.67 bits per heavy atom. The van der Waals surface area contributed by atoms with E-state index in [1.807, 2.05) is 66.1 Å². The topological polar surface area (TPSA) is 86.8 Å². The fourth-order valence-electron chi connectivity index (χ4n) is 2.66. The molecule has 0 saturated heterocycles. The van der Waals surface area contributed by atoms with Crippen molar-refractivity contribution in [2.24, 2.45) is 4.99 Å². The molecule has 0 radical (unpaired) electrons. The van der Waals surface area contributed by atoms with Crippen molar-refractivity contribution in [1.29, 1.82) is 0 Å². The predicted octanol–water partition coefficient (Wildman–Crippen LogP) is 2.01. The van der Waals surface area contributed by atoms with Gasteiger partial charge in [-0.05, 0) is 24.6 Å². The van der Waals surface area contributed by atoms with Crippen LogP contribution in [0.2, 0.25) is 0 Å². The van der Waals surface area contributed by atoms with E-state index in [0.29, 0.717) is 25.5 Å². The van der Waals surface area contributed by atoms with E-state index in [4.69, 9.17) is 0 Å². The molecule has 1 aromatic carbocycles. The van der Waals surface area contributed by atoms with E-state index >= 15 is 0 Å². The molecule has 0 spiro atoms. The second-order valence-corrected chi connectivity index (χ2v) is 5.96. The molecule has 1 unspecified atom stereocenters. The van der Waals surface area contributed by atoms with Gasteiger partial charge in [-0.15, -0.1) is 34.2 Å². The zero-order valence-electron chi connectivity index (χ0n) is 15.2. The van der Waals surface area contributed by atoms with Crippen molar-refractivity contribution in [2.45, 2.75) is 26.0 Å². The van der Waals surface area contributed by atoms with Crippen molar-refractivity contribution in [3.05, 3.63) is 66.1 Å². The number of hydrogen-bond donors (Lipinski definition) is 3. The summed E-state index contributed by atoms with van der Waals surface area (Å²) in [5.74, 6) is 1.41. The number of fused-ring (bicyclic) bond motifs is 1. The Morgan fingerprint density at radius 1 is 1.11 bits per heavy atom. The van der Waals surface area contributed by atoms with Gasteiger partial charge in [-0.1, -0.05) is 36.4 Å². The molecule has 7 nitrogen and oxygen atoms in total. The van der Waals surface area contributed by atoms with Gasteiger partial charge in [0.05, 0.1) is 6.10 Å². The third kappa shape index (κ3) is 6.17. The van der Waals surface area contributed by atoms with Gasteiger partial charge in [0.1, 0.15) is 6.54 Å². The summed E-state index contributed by atoms with van der Waals surface area (Å²) in [7, 11) is 0. The van der Waals surface area contributed by atoms with Crippen LogP contribution in [0.25, 0.3) is 5.65 Å². The van der Waals surface area contributed by atoms with E-state index in [0.717, 1.165) is 23.6 Å². The van der Waals surface area contributed by atoms with Crippen molar-refractivity contribution in [3.8, 4) is 0 Å². The van der Waals surface area contributed by atoms with Crippen molar-refractivity contribution in [1.82, 2.24) is 25.2 Å². The predicted molar refractivity (Wildman–Crippen MR) is 117 cm³/mol. The zero-order chi connectivity index (χ0) is 18.2. The summed E-state index contributed by atoms with van der Waals surface area (Å²) in [5.41, 5.74) is 1.91. The Morgan fingerprint density at radius 2 is 1.89 bits per heavy atom. The number of nitrogens with one attached hydrogen (secondary N) is 2. The van der Waals surface area contributed by atoms with Gasteiger partial charge < -0.3 is 15.7 Å². The van der Waals surface area contributed by atoms with Gasteiger partial charge >= 0.3 is 0 Å². The van der Waals surface area contributed by atoms with Crippen molar-refractivity contribution >= 4 is 35.6 Å². The summed E-state index contributed by atoms with van der Waals surface area (Å²) >= 11 is 0. The van der Waals surface area contributed by atoms with E-state index in [2.05, 4.69) is 25.8 Å². The lowest BCUT2D eigenvalue weighted by molar-refractivity contribution is 0.177. The van der Waals surface area contributed by atoms with Crippen LogP contribution < -0.4 is 10.6 Å².